The lowest BCUT2D eigenvalue weighted by Gasteiger charge is -2.09. The molecule has 0 bridgehead atoms. The molecule has 6 nitrogen and oxygen atoms in total. The van der Waals surface area contributed by atoms with Crippen LogP contribution in [0.25, 0.3) is 0 Å². The summed E-state index contributed by atoms with van der Waals surface area (Å²) in [4.78, 5) is 11.4. The molecule has 1 amide bonds. The highest BCUT2D eigenvalue weighted by Gasteiger charge is 2.14. The summed E-state index contributed by atoms with van der Waals surface area (Å²) in [6, 6.07) is 2.88. The van der Waals surface area contributed by atoms with Gasteiger partial charge in [0.25, 0.3) is 5.91 Å². The molecular weight excluding hydrogens is 234 g/mol. The van der Waals surface area contributed by atoms with Crippen molar-refractivity contribution in [3.63, 3.8) is 0 Å². The quantitative estimate of drug-likeness (QED) is 0.748. The average molecular weight is 244 g/mol. The number of hydrogen-bond donors (Lipinski definition) is 2. The van der Waals surface area contributed by atoms with Crippen molar-refractivity contribution in [1.82, 2.24) is 4.72 Å². The van der Waals surface area contributed by atoms with Crippen LogP contribution >= 0.6 is 0 Å². The first kappa shape index (κ1) is 12.3. The fraction of sp³-hybridized carbons (Fsp3) is 0.222. The zero-order chi connectivity index (χ0) is 12.3. The molecule has 0 aliphatic rings. The van der Waals surface area contributed by atoms with Crippen LogP contribution in [-0.4, -0.2) is 25.2 Å². The Hall–Kier alpha value is -1.76. The fourth-order valence-corrected chi connectivity index (χ4v) is 1.53. The summed E-state index contributed by atoms with van der Waals surface area (Å²) >= 11 is 0. The summed E-state index contributed by atoms with van der Waals surface area (Å²) < 4.78 is 23.9. The van der Waals surface area contributed by atoms with Gasteiger partial charge in [-0.2, -0.15) is 0 Å². The van der Waals surface area contributed by atoms with Gasteiger partial charge in [-0.15, -0.1) is 5.75 Å². The molecule has 1 aromatic carbocycles. The number of carbonyl (C=O) groups excluding carboxylic acids is 1. The van der Waals surface area contributed by atoms with Crippen molar-refractivity contribution in [3.8, 4) is 11.5 Å². The molecule has 7 heteroatoms. The first-order valence-electron chi connectivity index (χ1n) is 4.40. The first-order valence-corrected chi connectivity index (χ1v) is 6.05. The summed E-state index contributed by atoms with van der Waals surface area (Å²) in [6.07, 6.45) is 0. The van der Waals surface area contributed by atoms with Gasteiger partial charge >= 0.3 is 0 Å². The Labute approximate surface area is 92.6 Å². The van der Waals surface area contributed by atoms with Gasteiger partial charge in [-0.1, -0.05) is 6.07 Å². The lowest BCUT2D eigenvalue weighted by Crippen LogP contribution is -2.31. The topological polar surface area (TPSA) is 107 Å². The fourth-order valence-electron chi connectivity index (χ4n) is 0.987. The molecule has 0 aliphatic heterocycles. The van der Waals surface area contributed by atoms with E-state index in [2.05, 4.69) is 0 Å². The van der Waals surface area contributed by atoms with E-state index in [1.54, 1.807) is 4.72 Å². The molecule has 0 spiro atoms. The molecule has 0 atom stereocenters. The molecule has 0 saturated heterocycles. The normalized spacial score (nSPS) is 11.1. The van der Waals surface area contributed by atoms with Crippen LogP contribution in [0.4, 0.5) is 0 Å². The van der Waals surface area contributed by atoms with Crippen LogP contribution in [0, 0.1) is 0 Å². The summed E-state index contributed by atoms with van der Waals surface area (Å²) in [5.74, 6) is -2.14. The smallest absolute Gasteiger partial charge is 0.264 e. The molecule has 0 saturated carbocycles. The predicted molar refractivity (Wildman–Crippen MR) is 54.5 cm³/mol. The summed E-state index contributed by atoms with van der Waals surface area (Å²) in [5.41, 5.74) is -0.193. The third kappa shape index (κ3) is 3.13. The minimum Gasteiger partial charge on any atom is -0.872 e. The molecule has 16 heavy (non-hydrogen) atoms. The van der Waals surface area contributed by atoms with Crippen LogP contribution in [0.5, 0.6) is 11.5 Å². The Morgan fingerprint density at radius 3 is 2.56 bits per heavy atom. The summed E-state index contributed by atoms with van der Waals surface area (Å²) in [5, 5.41) is 20.0. The number of sulfonamides is 1. The van der Waals surface area contributed by atoms with E-state index in [9.17, 15) is 18.3 Å². The number of rotatable bonds is 3. The summed E-state index contributed by atoms with van der Waals surface area (Å²) in [7, 11) is -3.68. The highest BCUT2D eigenvalue weighted by Crippen LogP contribution is 2.18. The zero-order valence-electron chi connectivity index (χ0n) is 8.43. The number of nitrogens with one attached hydrogen (secondary N) is 1. The Kier molecular flexibility index (Phi) is 3.38. The second-order valence-electron chi connectivity index (χ2n) is 3.05. The molecule has 0 aromatic heterocycles. The van der Waals surface area contributed by atoms with E-state index in [0.29, 0.717) is 0 Å². The van der Waals surface area contributed by atoms with E-state index in [1.807, 2.05) is 0 Å². The van der Waals surface area contributed by atoms with Gasteiger partial charge in [0.1, 0.15) is 5.75 Å². The maximum Gasteiger partial charge on any atom is 0.264 e. The van der Waals surface area contributed by atoms with Crippen LogP contribution in [0.15, 0.2) is 18.2 Å². The third-order valence-corrected chi connectivity index (χ3v) is 3.04. The molecule has 0 unspecified atom stereocenters. The summed E-state index contributed by atoms with van der Waals surface area (Å²) in [6.45, 7) is 1.37. The molecule has 0 fully saturated rings. The maximum absolute atomic E-state index is 11.4. The van der Waals surface area contributed by atoms with Gasteiger partial charge < -0.3 is 10.2 Å². The molecule has 0 aliphatic carbocycles. The second kappa shape index (κ2) is 4.40. The standard InChI is InChI=1S/C9H11NO5S/c1-2-16(14,15)10-9(13)6-3-7(11)5-8(12)4-6/h3-5,11-12H,2H2,1H3,(H,10,13)/p-1. The molecule has 0 radical (unpaired) electrons. The SMILES string of the molecule is CCS(=O)(=O)NC(=O)c1cc([O-])cc(O)c1. The predicted octanol–water partition coefficient (Wildman–Crippen LogP) is -0.455. The van der Waals surface area contributed by atoms with Gasteiger partial charge in [0, 0.05) is 5.56 Å². The van der Waals surface area contributed by atoms with Crippen LogP contribution in [0.2, 0.25) is 0 Å². The van der Waals surface area contributed by atoms with E-state index < -0.39 is 21.7 Å². The van der Waals surface area contributed by atoms with Gasteiger partial charge in [-0.3, -0.25) is 4.79 Å². The number of hydrogen-bond acceptors (Lipinski definition) is 5. The number of phenols is 1. The Balaban J connectivity index is 2.98. The van der Waals surface area contributed by atoms with Gasteiger partial charge in [0.05, 0.1) is 5.75 Å². The van der Waals surface area contributed by atoms with Gasteiger partial charge in [-0.25, -0.2) is 13.1 Å². The molecule has 0 heterocycles. The van der Waals surface area contributed by atoms with Crippen molar-refractivity contribution in [2.75, 3.05) is 5.75 Å². The molecule has 2 N–H and O–H groups in total. The minimum atomic E-state index is -3.68. The van der Waals surface area contributed by atoms with Gasteiger partial charge in [0.2, 0.25) is 10.0 Å². The van der Waals surface area contributed by atoms with Gasteiger partial charge in [-0.05, 0) is 19.1 Å². The van der Waals surface area contributed by atoms with Crippen molar-refractivity contribution in [2.45, 2.75) is 6.92 Å². The first-order chi connectivity index (χ1) is 7.34. The number of amides is 1. The molecule has 1 aromatic rings. The van der Waals surface area contributed by atoms with Crippen LogP contribution in [0.1, 0.15) is 17.3 Å². The lowest BCUT2D eigenvalue weighted by atomic mass is 10.2. The number of carbonyl (C=O) groups is 1. The van der Waals surface area contributed by atoms with Crippen molar-refractivity contribution < 1.29 is 23.4 Å². The minimum absolute atomic E-state index is 0.193. The number of aromatic hydroxyl groups is 1. The number of benzene rings is 1. The van der Waals surface area contributed by atoms with E-state index >= 15 is 0 Å². The van der Waals surface area contributed by atoms with E-state index in [-0.39, 0.29) is 17.1 Å². The van der Waals surface area contributed by atoms with Crippen molar-refractivity contribution in [2.24, 2.45) is 0 Å². The van der Waals surface area contributed by atoms with E-state index in [0.717, 1.165) is 18.2 Å². The van der Waals surface area contributed by atoms with Crippen molar-refractivity contribution >= 4 is 15.9 Å². The van der Waals surface area contributed by atoms with Crippen molar-refractivity contribution in [1.29, 1.82) is 0 Å². The Bertz CT molecular complexity index is 488. The average Bonchev–Trinajstić information content (AvgIpc) is 2.15. The van der Waals surface area contributed by atoms with E-state index in [4.69, 9.17) is 5.11 Å². The Morgan fingerprint density at radius 2 is 2.06 bits per heavy atom. The second-order valence-corrected chi connectivity index (χ2v) is 5.06. The highest BCUT2D eigenvalue weighted by molar-refractivity contribution is 7.90. The number of phenolic OH excluding ortho intramolecular Hbond substituents is 1. The zero-order valence-corrected chi connectivity index (χ0v) is 9.24. The van der Waals surface area contributed by atoms with Crippen LogP contribution in [0.3, 0.4) is 0 Å². The third-order valence-electron chi connectivity index (χ3n) is 1.78. The Morgan fingerprint density at radius 1 is 1.44 bits per heavy atom. The lowest BCUT2D eigenvalue weighted by molar-refractivity contribution is -0.268. The van der Waals surface area contributed by atoms with E-state index in [1.165, 1.54) is 6.92 Å². The molecular formula is C9H10NO5S-. The van der Waals surface area contributed by atoms with Crippen molar-refractivity contribution in [3.05, 3.63) is 23.8 Å². The molecule has 1 rings (SSSR count). The highest BCUT2D eigenvalue weighted by atomic mass is 32.2. The van der Waals surface area contributed by atoms with Crippen LogP contribution < -0.4 is 9.83 Å². The largest absolute Gasteiger partial charge is 0.872 e. The maximum atomic E-state index is 11.4. The monoisotopic (exact) mass is 244 g/mol. The molecule has 88 valence electrons. The van der Waals surface area contributed by atoms with Crippen LogP contribution in [-0.2, 0) is 10.0 Å². The van der Waals surface area contributed by atoms with Gasteiger partial charge in [0.15, 0.2) is 0 Å².